The lowest BCUT2D eigenvalue weighted by Crippen LogP contribution is -2.27. The molecule has 2 nitrogen and oxygen atoms in total. The Morgan fingerprint density at radius 3 is 2.77 bits per heavy atom. The van der Waals surface area contributed by atoms with E-state index in [1.807, 2.05) is 0 Å². The van der Waals surface area contributed by atoms with Gasteiger partial charge in [0.05, 0.1) is 0 Å². The van der Waals surface area contributed by atoms with Gasteiger partial charge in [0.25, 0.3) is 0 Å². The van der Waals surface area contributed by atoms with Crippen molar-refractivity contribution in [1.29, 1.82) is 0 Å². The monoisotopic (exact) mass is 176 g/mol. The Balaban J connectivity index is 2.14. The summed E-state index contributed by atoms with van der Waals surface area (Å²) < 4.78 is 0. The number of nitrogens with one attached hydrogen (secondary N) is 1. The van der Waals surface area contributed by atoms with Gasteiger partial charge < -0.3 is 5.32 Å². The van der Waals surface area contributed by atoms with Crippen LogP contribution in [-0.4, -0.2) is 18.1 Å². The van der Waals surface area contributed by atoms with Crippen LogP contribution < -0.4 is 5.32 Å². The molecule has 0 aromatic carbocycles. The minimum Gasteiger partial charge on any atom is -0.317 e. The fourth-order valence-corrected chi connectivity index (χ4v) is 1.91. The van der Waals surface area contributed by atoms with Crippen molar-refractivity contribution in [2.75, 3.05) is 13.1 Å². The Labute approximate surface area is 79.4 Å². The van der Waals surface area contributed by atoms with E-state index in [-0.39, 0.29) is 0 Å². The fraction of sp³-hybridized carbons (Fsp3) is 0.545. The number of hydrogen-bond acceptors (Lipinski definition) is 2. The van der Waals surface area contributed by atoms with Gasteiger partial charge in [-0.05, 0) is 45.0 Å². The van der Waals surface area contributed by atoms with Crippen LogP contribution in [0.25, 0.3) is 0 Å². The molecule has 0 atom stereocenters. The standard InChI is InChI=1S/C11H16N2/c1-9-3-2-4-11(13-9)10-5-7-12-8-6-10/h2-4,10,12H,5-8H2,1H3. The third kappa shape index (κ3) is 2.07. The number of aryl methyl sites for hydroxylation is 1. The van der Waals surface area contributed by atoms with Gasteiger partial charge in [-0.1, -0.05) is 6.07 Å². The van der Waals surface area contributed by atoms with E-state index in [4.69, 9.17) is 0 Å². The summed E-state index contributed by atoms with van der Waals surface area (Å²) in [5.41, 5.74) is 2.41. The summed E-state index contributed by atoms with van der Waals surface area (Å²) in [6.45, 7) is 4.34. The van der Waals surface area contributed by atoms with Gasteiger partial charge in [0.15, 0.2) is 0 Å². The molecule has 0 amide bonds. The van der Waals surface area contributed by atoms with E-state index >= 15 is 0 Å². The number of piperidine rings is 1. The summed E-state index contributed by atoms with van der Waals surface area (Å²) in [6.07, 6.45) is 2.47. The molecule has 1 saturated heterocycles. The second-order valence-corrected chi connectivity index (χ2v) is 3.73. The van der Waals surface area contributed by atoms with Crippen LogP contribution in [0, 0.1) is 6.92 Å². The lowest BCUT2D eigenvalue weighted by molar-refractivity contribution is 0.453. The molecule has 2 heterocycles. The Morgan fingerprint density at radius 1 is 1.31 bits per heavy atom. The molecule has 70 valence electrons. The van der Waals surface area contributed by atoms with Crippen molar-refractivity contribution in [1.82, 2.24) is 10.3 Å². The van der Waals surface area contributed by atoms with Crippen LogP contribution in [-0.2, 0) is 0 Å². The lowest BCUT2D eigenvalue weighted by atomic mass is 9.94. The highest BCUT2D eigenvalue weighted by Gasteiger charge is 2.15. The molecule has 1 aliphatic rings. The highest BCUT2D eigenvalue weighted by molar-refractivity contribution is 5.14. The van der Waals surface area contributed by atoms with Crippen molar-refractivity contribution >= 4 is 0 Å². The van der Waals surface area contributed by atoms with E-state index in [1.54, 1.807) is 0 Å². The van der Waals surface area contributed by atoms with Gasteiger partial charge in [-0.3, -0.25) is 4.98 Å². The summed E-state index contributed by atoms with van der Waals surface area (Å²) in [5.74, 6) is 0.682. The van der Waals surface area contributed by atoms with Crippen LogP contribution in [0.4, 0.5) is 0 Å². The first-order valence-corrected chi connectivity index (χ1v) is 5.00. The summed E-state index contributed by atoms with van der Waals surface area (Å²) in [4.78, 5) is 4.57. The number of pyridine rings is 1. The highest BCUT2D eigenvalue weighted by Crippen LogP contribution is 2.23. The van der Waals surface area contributed by atoms with Crippen LogP contribution in [0.1, 0.15) is 30.1 Å². The normalized spacial score (nSPS) is 18.8. The van der Waals surface area contributed by atoms with Crippen LogP contribution in [0.3, 0.4) is 0 Å². The minimum atomic E-state index is 0.682. The van der Waals surface area contributed by atoms with E-state index in [2.05, 4.69) is 35.4 Å². The van der Waals surface area contributed by atoms with Gasteiger partial charge in [0.1, 0.15) is 0 Å². The molecule has 0 spiro atoms. The van der Waals surface area contributed by atoms with Crippen molar-refractivity contribution < 1.29 is 0 Å². The predicted octanol–water partition coefficient (Wildman–Crippen LogP) is 1.86. The van der Waals surface area contributed by atoms with E-state index in [1.165, 1.54) is 18.5 Å². The lowest BCUT2D eigenvalue weighted by Gasteiger charge is -2.22. The van der Waals surface area contributed by atoms with Gasteiger partial charge in [-0.2, -0.15) is 0 Å². The number of hydrogen-bond donors (Lipinski definition) is 1. The smallest absolute Gasteiger partial charge is 0.0438 e. The molecule has 0 bridgehead atoms. The third-order valence-corrected chi connectivity index (χ3v) is 2.67. The molecule has 1 aromatic rings. The molecule has 1 fully saturated rings. The van der Waals surface area contributed by atoms with Crippen molar-refractivity contribution in [2.24, 2.45) is 0 Å². The summed E-state index contributed by atoms with van der Waals surface area (Å²) in [5, 5.41) is 3.37. The predicted molar refractivity (Wildman–Crippen MR) is 53.8 cm³/mol. The molecule has 2 rings (SSSR count). The zero-order valence-corrected chi connectivity index (χ0v) is 8.09. The highest BCUT2D eigenvalue weighted by atomic mass is 14.9. The van der Waals surface area contributed by atoms with Crippen molar-refractivity contribution in [3.8, 4) is 0 Å². The Hall–Kier alpha value is -0.890. The maximum absolute atomic E-state index is 4.57. The molecular weight excluding hydrogens is 160 g/mol. The summed E-state index contributed by atoms with van der Waals surface area (Å²) in [7, 11) is 0. The van der Waals surface area contributed by atoms with Gasteiger partial charge in [0.2, 0.25) is 0 Å². The molecule has 1 aromatic heterocycles. The molecule has 2 heteroatoms. The maximum Gasteiger partial charge on any atom is 0.0438 e. The second kappa shape index (κ2) is 3.88. The van der Waals surface area contributed by atoms with Gasteiger partial charge >= 0.3 is 0 Å². The molecular formula is C11H16N2. The Morgan fingerprint density at radius 2 is 2.08 bits per heavy atom. The number of aromatic nitrogens is 1. The van der Waals surface area contributed by atoms with Crippen LogP contribution >= 0.6 is 0 Å². The van der Waals surface area contributed by atoms with Crippen molar-refractivity contribution in [3.05, 3.63) is 29.6 Å². The summed E-state index contributed by atoms with van der Waals surface area (Å²) >= 11 is 0. The maximum atomic E-state index is 4.57. The quantitative estimate of drug-likeness (QED) is 0.706. The average Bonchev–Trinajstić information content (AvgIpc) is 2.19. The molecule has 0 radical (unpaired) electrons. The molecule has 0 unspecified atom stereocenters. The van der Waals surface area contributed by atoms with Gasteiger partial charge in [-0.15, -0.1) is 0 Å². The molecule has 1 N–H and O–H groups in total. The van der Waals surface area contributed by atoms with E-state index in [0.717, 1.165) is 18.8 Å². The first-order valence-electron chi connectivity index (χ1n) is 5.00. The van der Waals surface area contributed by atoms with Crippen LogP contribution in [0.15, 0.2) is 18.2 Å². The fourth-order valence-electron chi connectivity index (χ4n) is 1.91. The largest absolute Gasteiger partial charge is 0.317 e. The van der Waals surface area contributed by atoms with E-state index < -0.39 is 0 Å². The minimum absolute atomic E-state index is 0.682. The molecule has 0 aliphatic carbocycles. The van der Waals surface area contributed by atoms with Crippen molar-refractivity contribution in [2.45, 2.75) is 25.7 Å². The topological polar surface area (TPSA) is 24.9 Å². The molecule has 1 aliphatic heterocycles. The van der Waals surface area contributed by atoms with Gasteiger partial charge in [-0.25, -0.2) is 0 Å². The number of nitrogens with zero attached hydrogens (tertiary/aromatic N) is 1. The van der Waals surface area contributed by atoms with E-state index in [9.17, 15) is 0 Å². The zero-order valence-electron chi connectivity index (χ0n) is 8.09. The first kappa shape index (κ1) is 8.70. The molecule has 13 heavy (non-hydrogen) atoms. The van der Waals surface area contributed by atoms with Crippen LogP contribution in [0.5, 0.6) is 0 Å². The average molecular weight is 176 g/mol. The Kier molecular flexibility index (Phi) is 2.60. The SMILES string of the molecule is Cc1cccc(C2CCNCC2)n1. The number of rotatable bonds is 1. The van der Waals surface area contributed by atoms with Crippen molar-refractivity contribution in [3.63, 3.8) is 0 Å². The zero-order chi connectivity index (χ0) is 9.10. The first-order chi connectivity index (χ1) is 6.36. The Bertz CT molecular complexity index is 277. The molecule has 0 saturated carbocycles. The van der Waals surface area contributed by atoms with Gasteiger partial charge in [0, 0.05) is 17.3 Å². The third-order valence-electron chi connectivity index (χ3n) is 2.67. The summed E-state index contributed by atoms with van der Waals surface area (Å²) in [6, 6.07) is 6.33. The van der Waals surface area contributed by atoms with Crippen LogP contribution in [0.2, 0.25) is 0 Å². The second-order valence-electron chi connectivity index (χ2n) is 3.73. The van der Waals surface area contributed by atoms with E-state index in [0.29, 0.717) is 5.92 Å².